The number of hydrogen-bond donors (Lipinski definition) is 1. The highest BCUT2D eigenvalue weighted by Gasteiger charge is 2.16. The molecule has 110 valence electrons. The van der Waals surface area contributed by atoms with Gasteiger partial charge in [0, 0.05) is 34.6 Å². The summed E-state index contributed by atoms with van der Waals surface area (Å²) >= 11 is 3.74. The van der Waals surface area contributed by atoms with Crippen LogP contribution in [0.15, 0.2) is 24.3 Å². The highest BCUT2D eigenvalue weighted by atomic mass is 32.2. The quantitative estimate of drug-likeness (QED) is 0.906. The smallest absolute Gasteiger partial charge is 0.387 e. The van der Waals surface area contributed by atoms with Crippen LogP contribution in [0.4, 0.5) is 8.78 Å². The minimum Gasteiger partial charge on any atom is -0.435 e. The average molecular weight is 319 g/mol. The monoisotopic (exact) mass is 319 g/mol. The van der Waals surface area contributed by atoms with Crippen LogP contribution in [-0.4, -0.2) is 41.6 Å². The largest absolute Gasteiger partial charge is 0.435 e. The molecule has 0 aliphatic carbocycles. The second-order valence-corrected chi connectivity index (χ2v) is 6.74. The lowest BCUT2D eigenvalue weighted by Crippen LogP contribution is -2.33. The predicted molar refractivity (Wildman–Crippen MR) is 79.0 cm³/mol. The fraction of sp³-hybridized carbons (Fsp3) is 0.462. The van der Waals surface area contributed by atoms with E-state index in [0.29, 0.717) is 17.4 Å². The highest BCUT2D eigenvalue weighted by Crippen LogP contribution is 2.23. The molecule has 0 bridgehead atoms. The first-order chi connectivity index (χ1) is 9.65. The number of carbonyl (C=O) groups is 1. The Kier molecular flexibility index (Phi) is 5.97. The first-order valence-electron chi connectivity index (χ1n) is 6.17. The van der Waals surface area contributed by atoms with Crippen molar-refractivity contribution in [1.82, 2.24) is 5.32 Å². The lowest BCUT2D eigenvalue weighted by molar-refractivity contribution is -0.0498. The van der Waals surface area contributed by atoms with E-state index in [9.17, 15) is 13.6 Å². The third-order valence-electron chi connectivity index (χ3n) is 2.70. The van der Waals surface area contributed by atoms with E-state index in [2.05, 4.69) is 10.1 Å². The zero-order chi connectivity index (χ0) is 14.4. The molecule has 7 heteroatoms. The number of halogens is 2. The van der Waals surface area contributed by atoms with Crippen LogP contribution in [0.25, 0.3) is 0 Å². The van der Waals surface area contributed by atoms with Crippen molar-refractivity contribution >= 4 is 29.4 Å². The van der Waals surface area contributed by atoms with Gasteiger partial charge in [-0.15, -0.1) is 0 Å². The lowest BCUT2D eigenvalue weighted by Gasteiger charge is -2.21. The zero-order valence-corrected chi connectivity index (χ0v) is 12.3. The molecule has 1 aliphatic heterocycles. The van der Waals surface area contributed by atoms with Gasteiger partial charge in [0.2, 0.25) is 0 Å². The Bertz CT molecular complexity index is 454. The minimum absolute atomic E-state index is 0.00440. The number of thioether (sulfide) groups is 2. The second kappa shape index (κ2) is 7.73. The van der Waals surface area contributed by atoms with Crippen LogP contribution < -0.4 is 10.1 Å². The zero-order valence-electron chi connectivity index (χ0n) is 10.7. The van der Waals surface area contributed by atoms with E-state index in [1.807, 2.05) is 23.5 Å². The molecule has 1 heterocycles. The molecule has 1 N–H and O–H groups in total. The van der Waals surface area contributed by atoms with Gasteiger partial charge < -0.3 is 10.1 Å². The molecule has 0 aromatic heterocycles. The van der Waals surface area contributed by atoms with Gasteiger partial charge in [0.15, 0.2) is 0 Å². The summed E-state index contributed by atoms with van der Waals surface area (Å²) in [7, 11) is 0. The molecule has 1 fully saturated rings. The van der Waals surface area contributed by atoms with Crippen molar-refractivity contribution in [1.29, 1.82) is 0 Å². The molecule has 20 heavy (non-hydrogen) atoms. The number of benzene rings is 1. The van der Waals surface area contributed by atoms with Crippen LogP contribution in [0, 0.1) is 0 Å². The van der Waals surface area contributed by atoms with Crippen molar-refractivity contribution in [2.75, 3.05) is 23.8 Å². The van der Waals surface area contributed by atoms with Gasteiger partial charge in [-0.1, -0.05) is 6.07 Å². The molecular weight excluding hydrogens is 304 g/mol. The van der Waals surface area contributed by atoms with Crippen molar-refractivity contribution in [2.24, 2.45) is 0 Å². The maximum atomic E-state index is 12.1. The van der Waals surface area contributed by atoms with Crippen molar-refractivity contribution in [3.8, 4) is 5.75 Å². The summed E-state index contributed by atoms with van der Waals surface area (Å²) in [4.78, 5) is 12.0. The molecule has 1 aliphatic rings. The molecule has 0 saturated carbocycles. The minimum atomic E-state index is -2.89. The van der Waals surface area contributed by atoms with Gasteiger partial charge in [-0.2, -0.15) is 32.3 Å². The molecular formula is C13H15F2NO2S2. The fourth-order valence-electron chi connectivity index (χ4n) is 1.78. The van der Waals surface area contributed by atoms with Gasteiger partial charge in [-0.05, 0) is 18.2 Å². The van der Waals surface area contributed by atoms with Gasteiger partial charge >= 0.3 is 6.61 Å². The van der Waals surface area contributed by atoms with E-state index in [4.69, 9.17) is 0 Å². The molecule has 2 rings (SSSR count). The number of hydrogen-bond acceptors (Lipinski definition) is 4. The Morgan fingerprint density at radius 2 is 2.30 bits per heavy atom. The predicted octanol–water partition coefficient (Wildman–Crippen LogP) is 2.87. The maximum absolute atomic E-state index is 12.1. The first-order valence-corrected chi connectivity index (χ1v) is 8.38. The number of rotatable bonds is 5. The normalized spacial score (nSPS) is 18.9. The standard InChI is InChI=1S/C13H15F2NO2S2/c14-13(15)18-10-3-1-2-9(6-10)12(17)16-7-11-8-19-4-5-20-11/h1-3,6,11,13H,4-5,7-8H2,(H,16,17)/t11-/m0/s1. The van der Waals surface area contributed by atoms with Crippen LogP contribution in [0.3, 0.4) is 0 Å². The Labute approximate surface area is 124 Å². The molecule has 1 amide bonds. The maximum Gasteiger partial charge on any atom is 0.387 e. The summed E-state index contributed by atoms with van der Waals surface area (Å²) in [5.74, 6) is 3.01. The lowest BCUT2D eigenvalue weighted by atomic mass is 10.2. The third kappa shape index (κ3) is 4.86. The second-order valence-electron chi connectivity index (χ2n) is 4.18. The molecule has 1 aromatic carbocycles. The molecule has 0 spiro atoms. The average Bonchev–Trinajstić information content (AvgIpc) is 2.45. The summed E-state index contributed by atoms with van der Waals surface area (Å²) in [6.07, 6.45) is 0. The van der Waals surface area contributed by atoms with Crippen molar-refractivity contribution in [2.45, 2.75) is 11.9 Å². The van der Waals surface area contributed by atoms with Gasteiger partial charge in [-0.25, -0.2) is 0 Å². The number of carbonyl (C=O) groups excluding carboxylic acids is 1. The number of alkyl halides is 2. The SMILES string of the molecule is O=C(NC[C@H]1CSCCS1)c1cccc(OC(F)F)c1. The summed E-state index contributed by atoms with van der Waals surface area (Å²) in [5.41, 5.74) is 0.330. The van der Waals surface area contributed by atoms with E-state index < -0.39 is 6.61 Å². The van der Waals surface area contributed by atoms with Gasteiger partial charge in [0.05, 0.1) is 0 Å². The van der Waals surface area contributed by atoms with Crippen LogP contribution in [0.1, 0.15) is 10.4 Å². The Balaban J connectivity index is 1.88. The van der Waals surface area contributed by atoms with E-state index in [1.165, 1.54) is 18.2 Å². The van der Waals surface area contributed by atoms with Gasteiger partial charge in [0.1, 0.15) is 5.75 Å². The van der Waals surface area contributed by atoms with Crippen LogP contribution in [0.2, 0.25) is 0 Å². The topological polar surface area (TPSA) is 38.3 Å². The number of ether oxygens (including phenoxy) is 1. The highest BCUT2D eigenvalue weighted by molar-refractivity contribution is 8.06. The number of amides is 1. The number of nitrogens with one attached hydrogen (secondary N) is 1. The van der Waals surface area contributed by atoms with Crippen molar-refractivity contribution in [3.63, 3.8) is 0 Å². The van der Waals surface area contributed by atoms with Gasteiger partial charge in [-0.3, -0.25) is 4.79 Å². The summed E-state index contributed by atoms with van der Waals surface area (Å²) in [5, 5.41) is 3.25. The van der Waals surface area contributed by atoms with Crippen molar-refractivity contribution < 1.29 is 18.3 Å². The van der Waals surface area contributed by atoms with Crippen molar-refractivity contribution in [3.05, 3.63) is 29.8 Å². The van der Waals surface area contributed by atoms with Gasteiger partial charge in [0.25, 0.3) is 5.91 Å². The molecule has 3 nitrogen and oxygen atoms in total. The third-order valence-corrected chi connectivity index (χ3v) is 5.54. The first kappa shape index (κ1) is 15.4. The van der Waals surface area contributed by atoms with E-state index in [-0.39, 0.29) is 11.7 Å². The molecule has 0 unspecified atom stereocenters. The summed E-state index contributed by atoms with van der Waals surface area (Å²) < 4.78 is 28.5. The molecule has 1 atom stereocenters. The van der Waals surface area contributed by atoms with E-state index in [0.717, 1.165) is 17.3 Å². The molecule has 1 saturated heterocycles. The van der Waals surface area contributed by atoms with E-state index >= 15 is 0 Å². The summed E-state index contributed by atoms with van der Waals surface area (Å²) in [6.45, 7) is -2.29. The fourth-order valence-corrected chi connectivity index (χ4v) is 4.39. The molecule has 0 radical (unpaired) electrons. The van der Waals surface area contributed by atoms with Crippen LogP contribution >= 0.6 is 23.5 Å². The Morgan fingerprint density at radius 3 is 3.00 bits per heavy atom. The van der Waals surface area contributed by atoms with E-state index in [1.54, 1.807) is 6.07 Å². The Hall–Kier alpha value is -0.950. The molecule has 1 aromatic rings. The summed E-state index contributed by atoms with van der Waals surface area (Å²) in [6, 6.07) is 5.83. The Morgan fingerprint density at radius 1 is 1.45 bits per heavy atom. The van der Waals surface area contributed by atoms with Crippen LogP contribution in [0.5, 0.6) is 5.75 Å². The van der Waals surface area contributed by atoms with Crippen LogP contribution in [-0.2, 0) is 0 Å².